The number of hydrogen-bond acceptors (Lipinski definition) is 4. The molecule has 1 N–H and O–H groups in total. The Morgan fingerprint density at radius 3 is 2.19 bits per heavy atom. The Kier molecular flexibility index (Phi) is 6.72. The molecular weight excluding hydrogens is 208 g/mol. The van der Waals surface area contributed by atoms with Crippen LogP contribution in [0.4, 0.5) is 0 Å². The molecule has 1 aliphatic rings. The normalized spacial score (nSPS) is 15.2. The first-order chi connectivity index (χ1) is 7.39. The van der Waals surface area contributed by atoms with Crippen LogP contribution < -0.4 is 5.32 Å². The SMILES string of the molecule is CC(C)(C)OC=O.CNC(=O)CN1CCC1. The maximum atomic E-state index is 10.7. The summed E-state index contributed by atoms with van der Waals surface area (Å²) in [7, 11) is 1.67. The molecule has 94 valence electrons. The summed E-state index contributed by atoms with van der Waals surface area (Å²) in [5.74, 6) is 0.120. The lowest BCUT2D eigenvalue weighted by molar-refractivity contribution is -0.138. The highest BCUT2D eigenvalue weighted by molar-refractivity contribution is 5.77. The molecule has 1 saturated heterocycles. The highest BCUT2D eigenvalue weighted by Crippen LogP contribution is 2.03. The largest absolute Gasteiger partial charge is 0.462 e. The highest BCUT2D eigenvalue weighted by Gasteiger charge is 2.15. The molecule has 5 nitrogen and oxygen atoms in total. The lowest BCUT2D eigenvalue weighted by atomic mass is 10.2. The van der Waals surface area contributed by atoms with Crippen molar-refractivity contribution in [3.63, 3.8) is 0 Å². The molecule has 0 aromatic rings. The first-order valence-corrected chi connectivity index (χ1v) is 5.43. The van der Waals surface area contributed by atoms with Gasteiger partial charge in [0.1, 0.15) is 5.60 Å². The van der Waals surface area contributed by atoms with Crippen molar-refractivity contribution in [2.24, 2.45) is 0 Å². The molecule has 0 aromatic carbocycles. The van der Waals surface area contributed by atoms with E-state index in [1.165, 1.54) is 6.42 Å². The number of rotatable bonds is 3. The van der Waals surface area contributed by atoms with Gasteiger partial charge in [-0.1, -0.05) is 0 Å². The number of ether oxygens (including phenoxy) is 1. The van der Waals surface area contributed by atoms with Crippen molar-refractivity contribution >= 4 is 12.4 Å². The van der Waals surface area contributed by atoms with Crippen LogP contribution in [0.2, 0.25) is 0 Å². The van der Waals surface area contributed by atoms with Crippen LogP contribution >= 0.6 is 0 Å². The van der Waals surface area contributed by atoms with Crippen LogP contribution in [0.15, 0.2) is 0 Å². The Hall–Kier alpha value is -1.10. The van der Waals surface area contributed by atoms with Crippen molar-refractivity contribution < 1.29 is 14.3 Å². The minimum absolute atomic E-state index is 0.120. The van der Waals surface area contributed by atoms with E-state index in [0.717, 1.165) is 13.1 Å². The van der Waals surface area contributed by atoms with Crippen LogP contribution in [0.1, 0.15) is 27.2 Å². The molecule has 0 saturated carbocycles. The summed E-state index contributed by atoms with van der Waals surface area (Å²) in [4.78, 5) is 22.4. The molecule has 0 aromatic heterocycles. The van der Waals surface area contributed by atoms with Gasteiger partial charge in [0.2, 0.25) is 5.91 Å². The van der Waals surface area contributed by atoms with Crippen molar-refractivity contribution in [2.75, 3.05) is 26.7 Å². The van der Waals surface area contributed by atoms with E-state index in [-0.39, 0.29) is 11.5 Å². The maximum Gasteiger partial charge on any atom is 0.293 e. The molecule has 1 rings (SSSR count). The Bertz CT molecular complexity index is 220. The average Bonchev–Trinajstić information content (AvgIpc) is 2.10. The summed E-state index contributed by atoms with van der Waals surface area (Å²) in [6, 6.07) is 0. The summed E-state index contributed by atoms with van der Waals surface area (Å²) in [5.41, 5.74) is -0.318. The fourth-order valence-electron chi connectivity index (χ4n) is 0.966. The van der Waals surface area contributed by atoms with E-state index in [1.807, 2.05) is 20.8 Å². The number of nitrogens with zero attached hydrogens (tertiary/aromatic N) is 1. The van der Waals surface area contributed by atoms with Crippen LogP contribution in [0, 0.1) is 0 Å². The van der Waals surface area contributed by atoms with Crippen LogP contribution in [0.5, 0.6) is 0 Å². The molecule has 0 bridgehead atoms. The molecule has 16 heavy (non-hydrogen) atoms. The predicted octanol–water partition coefficient (Wildman–Crippen LogP) is 0.396. The third-order valence-electron chi connectivity index (χ3n) is 2.00. The van der Waals surface area contributed by atoms with Gasteiger partial charge in [-0.15, -0.1) is 0 Å². The van der Waals surface area contributed by atoms with Crippen LogP contribution in [-0.4, -0.2) is 49.6 Å². The smallest absolute Gasteiger partial charge is 0.293 e. The Balaban J connectivity index is 0.000000293. The summed E-state index contributed by atoms with van der Waals surface area (Å²) < 4.78 is 4.55. The monoisotopic (exact) mass is 230 g/mol. The van der Waals surface area contributed by atoms with Crippen LogP contribution in [0.25, 0.3) is 0 Å². The fourth-order valence-corrected chi connectivity index (χ4v) is 0.966. The van der Waals surface area contributed by atoms with E-state index >= 15 is 0 Å². The molecule has 0 spiro atoms. The predicted molar refractivity (Wildman–Crippen MR) is 62.0 cm³/mol. The second kappa shape index (κ2) is 7.22. The van der Waals surface area contributed by atoms with Gasteiger partial charge >= 0.3 is 0 Å². The van der Waals surface area contributed by atoms with Gasteiger partial charge in [-0.2, -0.15) is 0 Å². The van der Waals surface area contributed by atoms with E-state index in [9.17, 15) is 9.59 Å². The van der Waals surface area contributed by atoms with E-state index in [1.54, 1.807) is 7.05 Å². The highest BCUT2D eigenvalue weighted by atomic mass is 16.5. The first kappa shape index (κ1) is 14.9. The van der Waals surface area contributed by atoms with Gasteiger partial charge in [0.05, 0.1) is 6.54 Å². The Morgan fingerprint density at radius 2 is 2.00 bits per heavy atom. The van der Waals surface area contributed by atoms with Gasteiger partial charge in [0.15, 0.2) is 0 Å². The second-order valence-electron chi connectivity index (χ2n) is 4.63. The number of carbonyl (C=O) groups is 2. The molecule has 1 aliphatic heterocycles. The van der Waals surface area contributed by atoms with Crippen molar-refractivity contribution in [1.29, 1.82) is 0 Å². The number of amides is 1. The molecule has 0 unspecified atom stereocenters. The van der Waals surface area contributed by atoms with Crippen molar-refractivity contribution in [3.05, 3.63) is 0 Å². The summed E-state index contributed by atoms with van der Waals surface area (Å²) in [6.07, 6.45) is 1.25. The van der Waals surface area contributed by atoms with Crippen molar-refractivity contribution in [2.45, 2.75) is 32.8 Å². The number of hydrogen-bond donors (Lipinski definition) is 1. The lowest BCUT2D eigenvalue weighted by Crippen LogP contribution is -2.43. The third kappa shape index (κ3) is 8.23. The zero-order chi connectivity index (χ0) is 12.6. The van der Waals surface area contributed by atoms with E-state index in [0.29, 0.717) is 13.0 Å². The molecule has 1 fully saturated rings. The van der Waals surface area contributed by atoms with Gasteiger partial charge < -0.3 is 10.1 Å². The average molecular weight is 230 g/mol. The molecule has 1 amide bonds. The zero-order valence-corrected chi connectivity index (χ0v) is 10.6. The second-order valence-corrected chi connectivity index (χ2v) is 4.63. The Morgan fingerprint density at radius 1 is 1.44 bits per heavy atom. The molecule has 1 heterocycles. The number of carbonyl (C=O) groups excluding carboxylic acids is 2. The molecule has 0 aliphatic carbocycles. The van der Waals surface area contributed by atoms with Crippen molar-refractivity contribution in [3.8, 4) is 0 Å². The fraction of sp³-hybridized carbons (Fsp3) is 0.818. The van der Waals surface area contributed by atoms with E-state index in [2.05, 4.69) is 15.0 Å². The van der Waals surface area contributed by atoms with Crippen molar-refractivity contribution in [1.82, 2.24) is 10.2 Å². The molecule has 0 atom stereocenters. The van der Waals surface area contributed by atoms with Crippen LogP contribution in [-0.2, 0) is 14.3 Å². The number of likely N-dealkylation sites (tertiary alicyclic amines) is 1. The van der Waals surface area contributed by atoms with Gasteiger partial charge in [0, 0.05) is 7.05 Å². The quantitative estimate of drug-likeness (QED) is 0.713. The summed E-state index contributed by atoms with van der Waals surface area (Å²) in [5, 5.41) is 2.58. The van der Waals surface area contributed by atoms with Gasteiger partial charge in [-0.3, -0.25) is 14.5 Å². The van der Waals surface area contributed by atoms with Gasteiger partial charge in [0.25, 0.3) is 6.47 Å². The number of likely N-dealkylation sites (N-methyl/N-ethyl adjacent to an activating group) is 1. The minimum Gasteiger partial charge on any atom is -0.462 e. The van der Waals surface area contributed by atoms with Crippen LogP contribution in [0.3, 0.4) is 0 Å². The molecular formula is C11H22N2O3. The van der Waals surface area contributed by atoms with Gasteiger partial charge in [-0.05, 0) is 40.3 Å². The molecule has 5 heteroatoms. The van der Waals surface area contributed by atoms with E-state index < -0.39 is 0 Å². The third-order valence-corrected chi connectivity index (χ3v) is 2.00. The minimum atomic E-state index is -0.318. The summed E-state index contributed by atoms with van der Waals surface area (Å²) in [6.45, 7) is 8.68. The number of nitrogens with one attached hydrogen (secondary N) is 1. The first-order valence-electron chi connectivity index (χ1n) is 5.43. The maximum absolute atomic E-state index is 10.7. The molecule has 0 radical (unpaired) electrons. The zero-order valence-electron chi connectivity index (χ0n) is 10.6. The lowest BCUT2D eigenvalue weighted by Gasteiger charge is -2.29. The van der Waals surface area contributed by atoms with Gasteiger partial charge in [-0.25, -0.2) is 0 Å². The van der Waals surface area contributed by atoms with E-state index in [4.69, 9.17) is 0 Å². The topological polar surface area (TPSA) is 58.6 Å². The summed E-state index contributed by atoms with van der Waals surface area (Å²) >= 11 is 0. The standard InChI is InChI=1S/C6H12N2O.C5H10O2/c1-7-6(9)5-8-3-2-4-8;1-5(2,3)7-4-6/h2-5H2,1H3,(H,7,9);4H,1-3H3. The Labute approximate surface area is 97.1 Å².